The van der Waals surface area contributed by atoms with Crippen molar-refractivity contribution in [3.63, 3.8) is 0 Å². The first kappa shape index (κ1) is 24.1. The van der Waals surface area contributed by atoms with E-state index in [9.17, 15) is 0 Å². The Morgan fingerprint density at radius 1 is 0.487 bits per heavy atom. The minimum atomic E-state index is -0.480. The van der Waals surface area contributed by atoms with Crippen molar-refractivity contribution in [2.45, 2.75) is 38.9 Å². The van der Waals surface area contributed by atoms with Gasteiger partial charge in [-0.1, -0.05) is 109 Å². The predicted molar refractivity (Wildman–Crippen MR) is 166 cm³/mol. The Balaban J connectivity index is 1.55. The van der Waals surface area contributed by atoms with Crippen molar-refractivity contribution in [1.82, 2.24) is 0 Å². The molecule has 3 heteroatoms. The first-order chi connectivity index (χ1) is 18.8. The number of hydrogen-bond acceptors (Lipinski definition) is 2. The lowest BCUT2D eigenvalue weighted by Crippen LogP contribution is -2.41. The van der Waals surface area contributed by atoms with Crippen LogP contribution in [0.4, 0.5) is 0 Å². The number of benzene rings is 6. The summed E-state index contributed by atoms with van der Waals surface area (Å²) in [6, 6.07) is 41.5. The fourth-order valence-corrected chi connectivity index (χ4v) is 5.90. The van der Waals surface area contributed by atoms with Gasteiger partial charge in [-0.05, 0) is 93.8 Å². The molecular formula is C36H31BO2. The smallest absolute Gasteiger partial charge is 0.399 e. The molecule has 1 heterocycles. The van der Waals surface area contributed by atoms with E-state index < -0.39 is 18.3 Å². The summed E-state index contributed by atoms with van der Waals surface area (Å²) in [5.74, 6) is 0. The fourth-order valence-electron chi connectivity index (χ4n) is 5.90. The van der Waals surface area contributed by atoms with Crippen molar-refractivity contribution in [3.05, 3.63) is 115 Å². The highest BCUT2D eigenvalue weighted by Gasteiger charge is 2.52. The largest absolute Gasteiger partial charge is 0.496 e. The van der Waals surface area contributed by atoms with Crippen LogP contribution in [0.25, 0.3) is 54.6 Å². The Hall–Kier alpha value is -3.92. The zero-order chi connectivity index (χ0) is 26.8. The molecule has 0 spiro atoms. The van der Waals surface area contributed by atoms with E-state index in [-0.39, 0.29) is 0 Å². The van der Waals surface area contributed by atoms with E-state index in [1.54, 1.807) is 0 Å². The maximum Gasteiger partial charge on any atom is 0.496 e. The highest BCUT2D eigenvalue weighted by molar-refractivity contribution is 6.67. The normalized spacial score (nSPS) is 16.4. The van der Waals surface area contributed by atoms with Crippen molar-refractivity contribution in [2.75, 3.05) is 0 Å². The molecule has 1 fully saturated rings. The lowest BCUT2D eigenvalue weighted by Gasteiger charge is -2.32. The molecular weight excluding hydrogens is 475 g/mol. The molecule has 0 unspecified atom stereocenters. The molecule has 1 aliphatic rings. The highest BCUT2D eigenvalue weighted by atomic mass is 16.7. The number of hydrogen-bond donors (Lipinski definition) is 0. The molecule has 39 heavy (non-hydrogen) atoms. The average Bonchev–Trinajstić information content (AvgIpc) is 3.17. The second-order valence-corrected chi connectivity index (χ2v) is 11.6. The van der Waals surface area contributed by atoms with Gasteiger partial charge in [-0.3, -0.25) is 0 Å². The monoisotopic (exact) mass is 506 g/mol. The topological polar surface area (TPSA) is 18.5 Å². The Kier molecular flexibility index (Phi) is 5.45. The third-order valence-electron chi connectivity index (χ3n) is 8.72. The Labute approximate surface area is 230 Å². The van der Waals surface area contributed by atoms with Crippen molar-refractivity contribution >= 4 is 44.9 Å². The van der Waals surface area contributed by atoms with Gasteiger partial charge in [0.1, 0.15) is 0 Å². The van der Waals surface area contributed by atoms with Gasteiger partial charge < -0.3 is 9.31 Å². The summed E-state index contributed by atoms with van der Waals surface area (Å²) in [4.78, 5) is 0. The van der Waals surface area contributed by atoms with Crippen LogP contribution in [0, 0.1) is 0 Å². The standard InChI is InChI=1S/C36H31BO2/c1-35(2)36(3,4)39-37(38-35)34-30-16-10-8-13-26(30)20-22-32(34)31-21-19-25-12-7-9-15-29(25)33(31)28-18-17-24-11-5-6-14-27(24)23-28/h5-23H,1-4H3. The van der Waals surface area contributed by atoms with E-state index >= 15 is 0 Å². The molecule has 7 rings (SSSR count). The molecule has 1 saturated heterocycles. The molecule has 0 atom stereocenters. The SMILES string of the molecule is CC1(C)OB(c2c(-c3ccc4ccccc4c3-c3ccc4ccccc4c3)ccc3ccccc23)OC1(C)C. The molecule has 6 aromatic rings. The number of rotatable bonds is 3. The van der Waals surface area contributed by atoms with E-state index in [0.717, 1.165) is 16.4 Å². The molecule has 0 N–H and O–H groups in total. The molecule has 0 saturated carbocycles. The van der Waals surface area contributed by atoms with E-state index in [1.165, 1.54) is 43.6 Å². The van der Waals surface area contributed by atoms with Crippen molar-refractivity contribution < 1.29 is 9.31 Å². The third-order valence-corrected chi connectivity index (χ3v) is 8.72. The van der Waals surface area contributed by atoms with Gasteiger partial charge in [-0.2, -0.15) is 0 Å². The molecule has 190 valence electrons. The zero-order valence-corrected chi connectivity index (χ0v) is 22.9. The Morgan fingerprint density at radius 2 is 1.00 bits per heavy atom. The van der Waals surface area contributed by atoms with E-state index in [2.05, 4.69) is 143 Å². The summed E-state index contributed by atoms with van der Waals surface area (Å²) in [6.45, 7) is 8.48. The van der Waals surface area contributed by atoms with Crippen LogP contribution in [0.5, 0.6) is 0 Å². The van der Waals surface area contributed by atoms with Gasteiger partial charge in [0.2, 0.25) is 0 Å². The summed E-state index contributed by atoms with van der Waals surface area (Å²) >= 11 is 0. The summed E-state index contributed by atoms with van der Waals surface area (Å²) in [5, 5.41) is 7.27. The first-order valence-electron chi connectivity index (χ1n) is 13.7. The van der Waals surface area contributed by atoms with Crippen LogP contribution in [0.1, 0.15) is 27.7 Å². The van der Waals surface area contributed by atoms with Crippen LogP contribution in [-0.4, -0.2) is 18.3 Å². The first-order valence-corrected chi connectivity index (χ1v) is 13.7. The lowest BCUT2D eigenvalue weighted by atomic mass is 9.70. The summed E-state index contributed by atoms with van der Waals surface area (Å²) in [6.07, 6.45) is 0. The second-order valence-electron chi connectivity index (χ2n) is 11.6. The predicted octanol–water partition coefficient (Wildman–Crippen LogP) is 8.78. The average molecular weight is 506 g/mol. The molecule has 1 aliphatic heterocycles. The maximum atomic E-state index is 6.69. The lowest BCUT2D eigenvalue weighted by molar-refractivity contribution is 0.00578. The van der Waals surface area contributed by atoms with E-state index in [1.807, 2.05) is 0 Å². The van der Waals surface area contributed by atoms with Gasteiger partial charge in [0.15, 0.2) is 0 Å². The molecule has 0 bridgehead atoms. The summed E-state index contributed by atoms with van der Waals surface area (Å²) in [5.41, 5.74) is 4.97. The minimum absolute atomic E-state index is 0.434. The van der Waals surface area contributed by atoms with Crippen LogP contribution in [0.2, 0.25) is 0 Å². The van der Waals surface area contributed by atoms with Crippen molar-refractivity contribution in [1.29, 1.82) is 0 Å². The van der Waals surface area contributed by atoms with Crippen LogP contribution in [0.15, 0.2) is 115 Å². The van der Waals surface area contributed by atoms with Gasteiger partial charge in [-0.15, -0.1) is 0 Å². The molecule has 2 nitrogen and oxygen atoms in total. The molecule has 0 aromatic heterocycles. The van der Waals surface area contributed by atoms with Gasteiger partial charge in [0.25, 0.3) is 0 Å². The van der Waals surface area contributed by atoms with Gasteiger partial charge in [0.05, 0.1) is 11.2 Å². The molecule has 0 amide bonds. The van der Waals surface area contributed by atoms with Crippen molar-refractivity contribution in [2.24, 2.45) is 0 Å². The fraction of sp³-hybridized carbons (Fsp3) is 0.167. The second kappa shape index (κ2) is 8.81. The zero-order valence-electron chi connectivity index (χ0n) is 22.9. The van der Waals surface area contributed by atoms with Crippen LogP contribution >= 0.6 is 0 Å². The maximum absolute atomic E-state index is 6.69. The molecule has 0 aliphatic carbocycles. The minimum Gasteiger partial charge on any atom is -0.399 e. The van der Waals surface area contributed by atoms with Gasteiger partial charge in [-0.25, -0.2) is 0 Å². The summed E-state index contributed by atoms with van der Waals surface area (Å²) in [7, 11) is -0.480. The Morgan fingerprint density at radius 3 is 1.69 bits per heavy atom. The van der Waals surface area contributed by atoms with Gasteiger partial charge in [0, 0.05) is 0 Å². The number of fused-ring (bicyclic) bond motifs is 3. The highest BCUT2D eigenvalue weighted by Crippen LogP contribution is 2.42. The molecule has 6 aromatic carbocycles. The van der Waals surface area contributed by atoms with Crippen LogP contribution < -0.4 is 5.46 Å². The quantitative estimate of drug-likeness (QED) is 0.223. The van der Waals surface area contributed by atoms with Crippen LogP contribution in [0.3, 0.4) is 0 Å². The third kappa shape index (κ3) is 3.88. The van der Waals surface area contributed by atoms with Gasteiger partial charge >= 0.3 is 7.12 Å². The Bertz CT molecular complexity index is 1870. The van der Waals surface area contributed by atoms with Crippen molar-refractivity contribution in [3.8, 4) is 22.3 Å². The van der Waals surface area contributed by atoms with Crippen LogP contribution in [-0.2, 0) is 9.31 Å². The molecule has 0 radical (unpaired) electrons. The van der Waals surface area contributed by atoms with E-state index in [0.29, 0.717) is 0 Å². The van der Waals surface area contributed by atoms with E-state index in [4.69, 9.17) is 9.31 Å². The summed E-state index contributed by atoms with van der Waals surface area (Å²) < 4.78 is 13.4.